The monoisotopic (exact) mass is 313 g/mol. The standard InChI is InChI=1S/C11H19N7O2S/c1-3-12-4-5-18-8-10(6-14-18)21(19,20)15-7-11-16-13-9-17(11)2/h6,8-9,12,15H,3-5,7H2,1-2H3. The molecule has 0 amide bonds. The molecule has 21 heavy (non-hydrogen) atoms. The molecule has 0 fully saturated rings. The Morgan fingerprint density at radius 1 is 1.38 bits per heavy atom. The zero-order valence-electron chi connectivity index (χ0n) is 12.0. The number of likely N-dealkylation sites (N-methyl/N-ethyl adjacent to an activating group) is 1. The summed E-state index contributed by atoms with van der Waals surface area (Å²) in [5, 5.41) is 14.7. The van der Waals surface area contributed by atoms with Crippen LogP contribution in [-0.4, -0.2) is 46.1 Å². The molecule has 0 aliphatic carbocycles. The van der Waals surface area contributed by atoms with E-state index < -0.39 is 10.0 Å². The Kier molecular flexibility index (Phi) is 5.04. The third kappa shape index (κ3) is 4.09. The van der Waals surface area contributed by atoms with Gasteiger partial charge in [0.15, 0.2) is 0 Å². The number of aromatic nitrogens is 5. The molecular weight excluding hydrogens is 294 g/mol. The average molecular weight is 313 g/mol. The van der Waals surface area contributed by atoms with Gasteiger partial charge in [0.05, 0.1) is 19.3 Å². The molecule has 2 heterocycles. The minimum absolute atomic E-state index is 0.0847. The molecule has 2 aromatic rings. The van der Waals surface area contributed by atoms with Gasteiger partial charge in [-0.1, -0.05) is 6.92 Å². The summed E-state index contributed by atoms with van der Waals surface area (Å²) < 4.78 is 30.0. The zero-order chi connectivity index (χ0) is 15.3. The summed E-state index contributed by atoms with van der Waals surface area (Å²) in [5.41, 5.74) is 0. The van der Waals surface area contributed by atoms with E-state index in [9.17, 15) is 8.42 Å². The molecule has 116 valence electrons. The molecule has 0 saturated carbocycles. The Bertz CT molecular complexity index is 676. The molecule has 0 saturated heterocycles. The average Bonchev–Trinajstić information content (AvgIpc) is 3.06. The van der Waals surface area contributed by atoms with E-state index in [1.807, 2.05) is 6.92 Å². The quantitative estimate of drug-likeness (QED) is 0.612. The second kappa shape index (κ2) is 6.78. The highest BCUT2D eigenvalue weighted by atomic mass is 32.2. The Hall–Kier alpha value is -1.78. The highest BCUT2D eigenvalue weighted by Gasteiger charge is 2.17. The number of sulfonamides is 1. The topological polar surface area (TPSA) is 107 Å². The molecule has 9 nitrogen and oxygen atoms in total. The van der Waals surface area contributed by atoms with Crippen molar-refractivity contribution < 1.29 is 8.42 Å². The van der Waals surface area contributed by atoms with Crippen LogP contribution in [-0.2, 0) is 30.2 Å². The van der Waals surface area contributed by atoms with Crippen molar-refractivity contribution in [3.05, 3.63) is 24.5 Å². The summed E-state index contributed by atoms with van der Waals surface area (Å²) in [5.74, 6) is 0.540. The molecule has 0 aliphatic rings. The molecule has 0 aliphatic heterocycles. The smallest absolute Gasteiger partial charge is 0.244 e. The van der Waals surface area contributed by atoms with Crippen molar-refractivity contribution in [3.8, 4) is 0 Å². The van der Waals surface area contributed by atoms with E-state index in [4.69, 9.17) is 0 Å². The van der Waals surface area contributed by atoms with Crippen LogP contribution in [0, 0.1) is 0 Å². The number of nitrogens with zero attached hydrogens (tertiary/aromatic N) is 5. The highest BCUT2D eigenvalue weighted by molar-refractivity contribution is 7.89. The maximum Gasteiger partial charge on any atom is 0.244 e. The minimum atomic E-state index is -3.60. The van der Waals surface area contributed by atoms with Gasteiger partial charge in [-0.3, -0.25) is 4.68 Å². The van der Waals surface area contributed by atoms with Crippen molar-refractivity contribution in [1.29, 1.82) is 0 Å². The first-order valence-electron chi connectivity index (χ1n) is 6.58. The maximum absolute atomic E-state index is 12.1. The molecule has 0 atom stereocenters. The predicted molar refractivity (Wildman–Crippen MR) is 75.8 cm³/mol. The minimum Gasteiger partial charge on any atom is -0.320 e. The van der Waals surface area contributed by atoms with Gasteiger partial charge in [-0.05, 0) is 6.54 Å². The number of nitrogens with one attached hydrogen (secondary N) is 2. The molecule has 0 radical (unpaired) electrons. The molecular formula is C11H19N7O2S. The second-order valence-corrected chi connectivity index (χ2v) is 6.24. The first kappa shape index (κ1) is 15.6. The van der Waals surface area contributed by atoms with E-state index in [0.717, 1.165) is 13.1 Å². The number of rotatable bonds is 8. The van der Waals surface area contributed by atoms with Gasteiger partial charge < -0.3 is 9.88 Å². The fraction of sp³-hybridized carbons (Fsp3) is 0.545. The van der Waals surface area contributed by atoms with Crippen LogP contribution in [0.15, 0.2) is 23.6 Å². The third-order valence-corrected chi connectivity index (χ3v) is 4.27. The summed E-state index contributed by atoms with van der Waals surface area (Å²) >= 11 is 0. The lowest BCUT2D eigenvalue weighted by Gasteiger charge is -2.04. The summed E-state index contributed by atoms with van der Waals surface area (Å²) in [7, 11) is -1.85. The van der Waals surface area contributed by atoms with E-state index in [1.165, 1.54) is 18.7 Å². The van der Waals surface area contributed by atoms with E-state index >= 15 is 0 Å². The predicted octanol–water partition coefficient (Wildman–Crippen LogP) is -0.900. The van der Waals surface area contributed by atoms with Crippen molar-refractivity contribution in [2.24, 2.45) is 7.05 Å². The normalized spacial score (nSPS) is 11.9. The van der Waals surface area contributed by atoms with Crippen LogP contribution in [0.1, 0.15) is 12.7 Å². The van der Waals surface area contributed by atoms with Crippen LogP contribution < -0.4 is 10.0 Å². The van der Waals surface area contributed by atoms with Crippen molar-refractivity contribution in [1.82, 2.24) is 34.6 Å². The lowest BCUT2D eigenvalue weighted by atomic mass is 10.6. The van der Waals surface area contributed by atoms with Gasteiger partial charge in [0, 0.05) is 19.8 Å². The van der Waals surface area contributed by atoms with Gasteiger partial charge in [0.1, 0.15) is 17.0 Å². The lowest BCUT2D eigenvalue weighted by molar-refractivity contribution is 0.562. The third-order valence-electron chi connectivity index (χ3n) is 2.91. The molecule has 0 unspecified atom stereocenters. The van der Waals surface area contributed by atoms with Gasteiger partial charge in [-0.2, -0.15) is 5.10 Å². The van der Waals surface area contributed by atoms with Gasteiger partial charge >= 0.3 is 0 Å². The fourth-order valence-electron chi connectivity index (χ4n) is 1.69. The molecule has 10 heteroatoms. The van der Waals surface area contributed by atoms with Crippen LogP contribution in [0.4, 0.5) is 0 Å². The Labute approximate surface area is 123 Å². The molecule has 0 spiro atoms. The molecule has 2 N–H and O–H groups in total. The fourth-order valence-corrected chi connectivity index (χ4v) is 2.62. The van der Waals surface area contributed by atoms with E-state index in [0.29, 0.717) is 12.4 Å². The van der Waals surface area contributed by atoms with Crippen LogP contribution in [0.25, 0.3) is 0 Å². The van der Waals surface area contributed by atoms with E-state index in [-0.39, 0.29) is 11.4 Å². The summed E-state index contributed by atoms with van der Waals surface area (Å²) in [6.07, 6.45) is 4.36. The molecule has 0 aromatic carbocycles. The van der Waals surface area contributed by atoms with Crippen LogP contribution in [0.3, 0.4) is 0 Å². The van der Waals surface area contributed by atoms with Crippen molar-refractivity contribution in [2.45, 2.75) is 24.9 Å². The summed E-state index contributed by atoms with van der Waals surface area (Å²) in [6, 6.07) is 0. The Morgan fingerprint density at radius 3 is 2.86 bits per heavy atom. The Morgan fingerprint density at radius 2 is 2.19 bits per heavy atom. The van der Waals surface area contributed by atoms with Crippen LogP contribution >= 0.6 is 0 Å². The van der Waals surface area contributed by atoms with Crippen molar-refractivity contribution in [2.75, 3.05) is 13.1 Å². The maximum atomic E-state index is 12.1. The van der Waals surface area contributed by atoms with Crippen LogP contribution in [0.5, 0.6) is 0 Å². The van der Waals surface area contributed by atoms with E-state index in [2.05, 4.69) is 25.3 Å². The first-order chi connectivity index (χ1) is 10.0. The lowest BCUT2D eigenvalue weighted by Crippen LogP contribution is -2.24. The number of aryl methyl sites for hydroxylation is 1. The summed E-state index contributed by atoms with van der Waals surface area (Å²) in [6.45, 7) is 4.32. The van der Waals surface area contributed by atoms with Crippen LogP contribution in [0.2, 0.25) is 0 Å². The van der Waals surface area contributed by atoms with Gasteiger partial charge in [0.25, 0.3) is 0 Å². The summed E-state index contributed by atoms with van der Waals surface area (Å²) in [4.78, 5) is 0.140. The van der Waals surface area contributed by atoms with Gasteiger partial charge in [0.2, 0.25) is 10.0 Å². The van der Waals surface area contributed by atoms with Crippen molar-refractivity contribution in [3.63, 3.8) is 0 Å². The zero-order valence-corrected chi connectivity index (χ0v) is 12.8. The first-order valence-corrected chi connectivity index (χ1v) is 8.07. The largest absolute Gasteiger partial charge is 0.320 e. The highest BCUT2D eigenvalue weighted by Crippen LogP contribution is 2.07. The number of hydrogen-bond donors (Lipinski definition) is 2. The second-order valence-electron chi connectivity index (χ2n) is 4.48. The molecule has 2 rings (SSSR count). The molecule has 0 bridgehead atoms. The Balaban J connectivity index is 1.97. The van der Waals surface area contributed by atoms with Gasteiger partial charge in [-0.25, -0.2) is 13.1 Å². The van der Waals surface area contributed by atoms with Gasteiger partial charge in [-0.15, -0.1) is 10.2 Å². The van der Waals surface area contributed by atoms with E-state index in [1.54, 1.807) is 16.3 Å². The van der Waals surface area contributed by atoms with Crippen molar-refractivity contribution >= 4 is 10.0 Å². The number of hydrogen-bond acceptors (Lipinski definition) is 6. The SMILES string of the molecule is CCNCCn1cc(S(=O)(=O)NCc2nncn2C)cn1. The molecule has 2 aromatic heterocycles.